The highest BCUT2D eigenvalue weighted by molar-refractivity contribution is 6.06. The first-order valence-corrected chi connectivity index (χ1v) is 17.3. The van der Waals surface area contributed by atoms with Gasteiger partial charge in [0.1, 0.15) is 5.69 Å². The van der Waals surface area contributed by atoms with Gasteiger partial charge < -0.3 is 24.1 Å². The molecule has 45 heavy (non-hydrogen) atoms. The highest BCUT2D eigenvalue weighted by Gasteiger charge is 2.29. The van der Waals surface area contributed by atoms with Gasteiger partial charge in [-0.1, -0.05) is 78.6 Å². The van der Waals surface area contributed by atoms with E-state index in [2.05, 4.69) is 77.4 Å². The Hall–Kier alpha value is -3.58. The van der Waals surface area contributed by atoms with Crippen LogP contribution in [0.5, 0.6) is 0 Å². The molecule has 3 heterocycles. The van der Waals surface area contributed by atoms with E-state index in [0.29, 0.717) is 18.0 Å². The lowest BCUT2D eigenvalue weighted by atomic mass is 9.86. The Morgan fingerprint density at radius 1 is 0.933 bits per heavy atom. The summed E-state index contributed by atoms with van der Waals surface area (Å²) < 4.78 is 9.78. The molecule has 1 aliphatic heterocycles. The molecule has 1 N–H and O–H groups in total. The number of aryl methyl sites for hydroxylation is 2. The molecule has 0 saturated heterocycles. The molecule has 0 aliphatic carbocycles. The number of nitrogens with one attached hydrogen (secondary N) is 1. The minimum atomic E-state index is -0.313. The minimum absolute atomic E-state index is 0.00592. The number of likely N-dealkylation sites (N-methyl/N-ethyl adjacent to an activating group) is 1. The van der Waals surface area contributed by atoms with Crippen LogP contribution in [0.1, 0.15) is 112 Å². The molecule has 244 valence electrons. The summed E-state index contributed by atoms with van der Waals surface area (Å²) in [5.74, 6) is 0.0868. The Labute approximate surface area is 269 Å². The van der Waals surface area contributed by atoms with Gasteiger partial charge in [0.25, 0.3) is 5.91 Å². The first-order valence-electron chi connectivity index (χ1n) is 17.3. The average molecular weight is 615 g/mol. The van der Waals surface area contributed by atoms with Gasteiger partial charge in [-0.05, 0) is 68.5 Å². The van der Waals surface area contributed by atoms with E-state index in [9.17, 15) is 9.59 Å². The first-order chi connectivity index (χ1) is 22.0. The highest BCUT2D eigenvalue weighted by atomic mass is 16.5. The van der Waals surface area contributed by atoms with Crippen molar-refractivity contribution in [3.63, 3.8) is 0 Å². The molecule has 0 bridgehead atoms. The molecule has 0 unspecified atom stereocenters. The predicted octanol–water partition coefficient (Wildman–Crippen LogP) is 8.63. The number of fused-ring (bicyclic) bond motifs is 4. The number of amides is 1. The van der Waals surface area contributed by atoms with Crippen molar-refractivity contribution >= 4 is 33.7 Å². The molecule has 7 nitrogen and oxygen atoms in total. The van der Waals surface area contributed by atoms with Gasteiger partial charge in [0.2, 0.25) is 0 Å². The van der Waals surface area contributed by atoms with Crippen LogP contribution in [0, 0.1) is 0 Å². The van der Waals surface area contributed by atoms with Crippen molar-refractivity contribution in [3.05, 3.63) is 59.3 Å². The van der Waals surface area contributed by atoms with Crippen LogP contribution in [0.15, 0.2) is 42.5 Å². The molecule has 1 aliphatic rings. The summed E-state index contributed by atoms with van der Waals surface area (Å²) in [7, 11) is 1.44. The smallest absolute Gasteiger partial charge is 0.337 e. The van der Waals surface area contributed by atoms with Crippen molar-refractivity contribution < 1.29 is 14.3 Å². The van der Waals surface area contributed by atoms with Gasteiger partial charge in [-0.3, -0.25) is 4.79 Å². The number of nitrogens with zero attached hydrogens (tertiary/aromatic N) is 3. The van der Waals surface area contributed by atoms with Crippen molar-refractivity contribution in [2.45, 2.75) is 99.1 Å². The van der Waals surface area contributed by atoms with Gasteiger partial charge >= 0.3 is 5.97 Å². The molecule has 0 radical (unpaired) electrons. The molecule has 7 heteroatoms. The second kappa shape index (κ2) is 16.1. The average Bonchev–Trinajstić information content (AvgIpc) is 3.59. The van der Waals surface area contributed by atoms with Crippen LogP contribution in [-0.4, -0.2) is 59.2 Å². The molecule has 1 amide bonds. The number of benzene rings is 2. The van der Waals surface area contributed by atoms with Gasteiger partial charge in [0.05, 0.1) is 23.9 Å². The normalized spacial score (nSPS) is 12.6. The second-order valence-electron chi connectivity index (χ2n) is 11.9. The van der Waals surface area contributed by atoms with E-state index >= 15 is 0 Å². The third kappa shape index (κ3) is 6.99. The number of methoxy groups -OCH3 is 1. The van der Waals surface area contributed by atoms with Gasteiger partial charge in [-0.2, -0.15) is 0 Å². The summed E-state index contributed by atoms with van der Waals surface area (Å²) in [6.45, 7) is 18.0. The second-order valence-corrected chi connectivity index (χ2v) is 11.9. The topological polar surface area (TPSA) is 68.5 Å². The Bertz CT molecular complexity index is 1590. The molecule has 0 atom stereocenters. The zero-order chi connectivity index (χ0) is 32.5. The van der Waals surface area contributed by atoms with Crippen LogP contribution in [-0.2, 0) is 17.8 Å². The number of carbonyl (C=O) groups excluding carboxylic acids is 2. The molecular formula is C38H54N4O3. The van der Waals surface area contributed by atoms with Crippen molar-refractivity contribution in [2.75, 3.05) is 33.3 Å². The maximum absolute atomic E-state index is 13.6. The molecule has 4 aromatic rings. The molecular weight excluding hydrogens is 560 g/mol. The number of para-hydroxylation sites is 1. The Balaban J connectivity index is 0.00000226. The van der Waals surface area contributed by atoms with E-state index in [1.807, 2.05) is 26.0 Å². The maximum atomic E-state index is 13.6. The van der Waals surface area contributed by atoms with Crippen molar-refractivity contribution in [1.82, 2.24) is 19.4 Å². The van der Waals surface area contributed by atoms with Crippen LogP contribution in [0.25, 0.3) is 33.1 Å². The Morgan fingerprint density at radius 2 is 1.67 bits per heavy atom. The molecule has 5 rings (SSSR count). The first kappa shape index (κ1) is 34.3. The number of rotatable bonds is 13. The lowest BCUT2D eigenvalue weighted by Gasteiger charge is -2.23. The summed E-state index contributed by atoms with van der Waals surface area (Å²) in [6.07, 6.45) is 6.42. The van der Waals surface area contributed by atoms with E-state index in [1.165, 1.54) is 29.3 Å². The third-order valence-corrected chi connectivity index (χ3v) is 9.08. The van der Waals surface area contributed by atoms with E-state index < -0.39 is 0 Å². The summed E-state index contributed by atoms with van der Waals surface area (Å²) >= 11 is 0. The third-order valence-electron chi connectivity index (χ3n) is 9.08. The Kier molecular flexibility index (Phi) is 12.3. The largest absolute Gasteiger partial charge is 0.465 e. The quantitative estimate of drug-likeness (QED) is 0.153. The van der Waals surface area contributed by atoms with E-state index in [1.54, 1.807) is 0 Å². The zero-order valence-electron chi connectivity index (χ0n) is 28.7. The van der Waals surface area contributed by atoms with Crippen LogP contribution < -0.4 is 5.32 Å². The molecule has 0 fully saturated rings. The summed E-state index contributed by atoms with van der Waals surface area (Å²) in [5.41, 5.74) is 7.30. The van der Waals surface area contributed by atoms with E-state index in [0.717, 1.165) is 93.4 Å². The van der Waals surface area contributed by atoms with E-state index in [-0.39, 0.29) is 11.9 Å². The van der Waals surface area contributed by atoms with Crippen molar-refractivity contribution in [3.8, 4) is 11.3 Å². The van der Waals surface area contributed by atoms with Crippen LogP contribution >= 0.6 is 0 Å². The number of esters is 1. The fraction of sp³-hybridized carbons (Fsp3) is 0.526. The highest BCUT2D eigenvalue weighted by Crippen LogP contribution is 2.45. The number of carbonyl (C=O) groups is 2. The number of ether oxygens (including phenoxy) is 1. The lowest BCUT2D eigenvalue weighted by Crippen LogP contribution is -2.36. The van der Waals surface area contributed by atoms with Crippen molar-refractivity contribution in [1.29, 1.82) is 0 Å². The van der Waals surface area contributed by atoms with E-state index in [4.69, 9.17) is 4.74 Å². The Morgan fingerprint density at radius 3 is 2.33 bits per heavy atom. The van der Waals surface area contributed by atoms with Crippen LogP contribution in [0.4, 0.5) is 0 Å². The molecule has 0 saturated carbocycles. The minimum Gasteiger partial charge on any atom is -0.465 e. The maximum Gasteiger partial charge on any atom is 0.337 e. The predicted molar refractivity (Wildman–Crippen MR) is 187 cm³/mol. The summed E-state index contributed by atoms with van der Waals surface area (Å²) in [4.78, 5) is 28.6. The van der Waals surface area contributed by atoms with Crippen LogP contribution in [0.3, 0.4) is 0 Å². The SMILES string of the molecule is CC.CCCC(CCC)c1c2n(c3cc(C(=O)OC)ccc13)CCCn1c(C(=O)NCCN(CC)CCC)cc3cccc-2c31. The molecule has 0 spiro atoms. The van der Waals surface area contributed by atoms with Gasteiger partial charge in [-0.25, -0.2) is 4.79 Å². The number of hydrogen-bond acceptors (Lipinski definition) is 4. The standard InChI is InChI=1S/C36H48N4O3.C2H6/c1-6-12-25(13-7-2)32-28-17-16-27(36(42)43-5)24-30(28)39-20-11-21-40-31(35(41)37-18-22-38(9-4)19-8-3)23-26-14-10-15-29(33(26)40)34(32)39;1-2/h10,14-17,23-25H,6-9,11-13,18-22H2,1-5H3,(H,37,41);1-2H3. The number of aromatic nitrogens is 2. The zero-order valence-corrected chi connectivity index (χ0v) is 28.7. The molecule has 2 aromatic carbocycles. The van der Waals surface area contributed by atoms with Gasteiger partial charge in [-0.15, -0.1) is 0 Å². The fourth-order valence-corrected chi connectivity index (χ4v) is 7.17. The van der Waals surface area contributed by atoms with Gasteiger partial charge in [0.15, 0.2) is 0 Å². The summed E-state index contributed by atoms with van der Waals surface area (Å²) in [5, 5.41) is 5.52. The van der Waals surface area contributed by atoms with Crippen LogP contribution in [0.2, 0.25) is 0 Å². The monoisotopic (exact) mass is 614 g/mol. The summed E-state index contributed by atoms with van der Waals surface area (Å²) in [6, 6.07) is 14.6. The lowest BCUT2D eigenvalue weighted by molar-refractivity contribution is 0.0600. The van der Waals surface area contributed by atoms with Crippen molar-refractivity contribution in [2.24, 2.45) is 0 Å². The fourth-order valence-electron chi connectivity index (χ4n) is 7.17. The number of hydrogen-bond donors (Lipinski definition) is 1. The molecule has 2 aromatic heterocycles. The van der Waals surface area contributed by atoms with Gasteiger partial charge in [0, 0.05) is 48.0 Å².